The van der Waals surface area contributed by atoms with Crippen LogP contribution in [0, 0.1) is 13.8 Å². The van der Waals surface area contributed by atoms with Gasteiger partial charge in [-0.15, -0.1) is 0 Å². The summed E-state index contributed by atoms with van der Waals surface area (Å²) in [5.41, 5.74) is 1.86. The van der Waals surface area contributed by atoms with E-state index >= 15 is 0 Å². The van der Waals surface area contributed by atoms with E-state index in [1.54, 1.807) is 13.8 Å². The van der Waals surface area contributed by atoms with Crippen LogP contribution in [0.2, 0.25) is 0 Å². The second-order valence-corrected chi connectivity index (χ2v) is 9.40. The van der Waals surface area contributed by atoms with Crippen molar-refractivity contribution in [2.45, 2.75) is 59.3 Å². The highest BCUT2D eigenvalue weighted by Gasteiger charge is 2.35. The van der Waals surface area contributed by atoms with Gasteiger partial charge in [-0.3, -0.25) is 9.59 Å². The van der Waals surface area contributed by atoms with Gasteiger partial charge in [-0.25, -0.2) is 0 Å². The number of nitrogens with one attached hydrogen (secondary N) is 1. The maximum atomic E-state index is 13.9. The number of rotatable bonds is 8. The first-order valence-corrected chi connectivity index (χ1v) is 11.5. The van der Waals surface area contributed by atoms with E-state index in [1.807, 2.05) is 38.8 Å². The number of hydrogen-bond acceptors (Lipinski definition) is 4. The molecule has 1 aliphatic rings. The molecule has 1 aromatic heterocycles. The summed E-state index contributed by atoms with van der Waals surface area (Å²) in [6.45, 7) is 11.2. The molecule has 0 radical (unpaired) electrons. The molecule has 3 rings (SSSR count). The molecule has 0 atom stereocenters. The van der Waals surface area contributed by atoms with Gasteiger partial charge >= 0.3 is 6.18 Å². The van der Waals surface area contributed by atoms with Crippen molar-refractivity contribution in [2.24, 2.45) is 0 Å². The van der Waals surface area contributed by atoms with E-state index in [4.69, 9.17) is 0 Å². The van der Waals surface area contributed by atoms with E-state index in [1.165, 1.54) is 11.0 Å². The maximum absolute atomic E-state index is 13.9. The van der Waals surface area contributed by atoms with Gasteiger partial charge in [0.25, 0.3) is 5.56 Å². The highest BCUT2D eigenvalue weighted by molar-refractivity contribution is 5.81. The Hall–Kier alpha value is -2.81. The third-order valence-corrected chi connectivity index (χ3v) is 6.51. The fraction of sp³-hybridized carbons (Fsp3) is 0.520. The molecule has 1 aliphatic heterocycles. The number of alkyl halides is 3. The number of likely N-dealkylation sites (N-methyl/N-ethyl adjacent to an activating group) is 2. The highest BCUT2D eigenvalue weighted by Crippen LogP contribution is 2.40. The first-order chi connectivity index (χ1) is 15.9. The van der Waals surface area contributed by atoms with Crippen LogP contribution in [0.3, 0.4) is 0 Å². The van der Waals surface area contributed by atoms with Crippen molar-refractivity contribution in [1.29, 1.82) is 0 Å². The molecule has 0 aliphatic carbocycles. The number of amides is 1. The second-order valence-electron chi connectivity index (χ2n) is 9.40. The second kappa shape index (κ2) is 9.82. The van der Waals surface area contributed by atoms with Crippen molar-refractivity contribution in [3.05, 3.63) is 56.5 Å². The average molecular weight is 479 g/mol. The maximum Gasteiger partial charge on any atom is 0.416 e. The number of pyridine rings is 1. The number of hydrogen-bond donors (Lipinski definition) is 1. The molecule has 1 aromatic carbocycles. The van der Waals surface area contributed by atoms with E-state index in [9.17, 15) is 22.8 Å². The van der Waals surface area contributed by atoms with Gasteiger partial charge in [-0.2, -0.15) is 13.2 Å². The number of nitrogens with zero attached hydrogens (tertiary/aromatic N) is 3. The fourth-order valence-corrected chi connectivity index (χ4v) is 4.70. The van der Waals surface area contributed by atoms with Crippen molar-refractivity contribution in [3.8, 4) is 0 Å². The summed E-state index contributed by atoms with van der Waals surface area (Å²) in [5.74, 6) is 0.00820. The predicted molar refractivity (Wildman–Crippen MR) is 129 cm³/mol. The Bertz CT molecular complexity index is 1100. The topological polar surface area (TPSA) is 59.7 Å². The van der Waals surface area contributed by atoms with Crippen molar-refractivity contribution in [3.63, 3.8) is 0 Å². The smallest absolute Gasteiger partial charge is 0.366 e. The van der Waals surface area contributed by atoms with Crippen molar-refractivity contribution in [1.82, 2.24) is 9.88 Å². The average Bonchev–Trinajstić information content (AvgIpc) is 2.72. The number of aromatic amines is 1. The largest absolute Gasteiger partial charge is 0.416 e. The molecular formula is C25H33F3N4O2. The molecule has 9 heteroatoms. The molecule has 2 heterocycles. The van der Waals surface area contributed by atoms with Gasteiger partial charge in [-0.1, -0.05) is 13.8 Å². The van der Waals surface area contributed by atoms with Crippen LogP contribution in [-0.2, 0) is 17.5 Å². The zero-order chi connectivity index (χ0) is 25.4. The molecule has 0 unspecified atom stereocenters. The number of likely N-dealkylation sites (tertiary alicyclic amines) is 1. The number of aryl methyl sites for hydroxylation is 1. The number of H-pyrrole nitrogens is 1. The number of halogens is 3. The molecule has 1 amide bonds. The summed E-state index contributed by atoms with van der Waals surface area (Å²) >= 11 is 0. The minimum absolute atomic E-state index is 0.00820. The summed E-state index contributed by atoms with van der Waals surface area (Å²) in [4.78, 5) is 33.0. The molecular weight excluding hydrogens is 445 g/mol. The third kappa shape index (κ3) is 5.14. The van der Waals surface area contributed by atoms with Crippen LogP contribution >= 0.6 is 0 Å². The van der Waals surface area contributed by atoms with Gasteiger partial charge in [0.05, 0.1) is 18.2 Å². The lowest BCUT2D eigenvalue weighted by Gasteiger charge is -2.45. The van der Waals surface area contributed by atoms with Crippen molar-refractivity contribution in [2.75, 3.05) is 36.5 Å². The van der Waals surface area contributed by atoms with Crippen LogP contribution in [0.4, 0.5) is 24.5 Å². The summed E-state index contributed by atoms with van der Waals surface area (Å²) in [5, 5.41) is 0. The Morgan fingerprint density at radius 2 is 1.79 bits per heavy atom. The Morgan fingerprint density at radius 3 is 2.29 bits per heavy atom. The predicted octanol–water partition coefficient (Wildman–Crippen LogP) is 4.44. The highest BCUT2D eigenvalue weighted by atomic mass is 19.4. The molecule has 186 valence electrons. The van der Waals surface area contributed by atoms with Gasteiger partial charge in [-0.05, 0) is 63.1 Å². The lowest BCUT2D eigenvalue weighted by atomic mass is 9.97. The van der Waals surface area contributed by atoms with Gasteiger partial charge in [0.1, 0.15) is 0 Å². The van der Waals surface area contributed by atoms with E-state index in [-0.39, 0.29) is 29.8 Å². The molecule has 0 spiro atoms. The number of aromatic nitrogens is 1. The third-order valence-electron chi connectivity index (χ3n) is 6.51. The number of carbonyl (C=O) groups is 1. The van der Waals surface area contributed by atoms with Crippen LogP contribution in [0.5, 0.6) is 0 Å². The molecule has 0 saturated carbocycles. The summed E-state index contributed by atoms with van der Waals surface area (Å²) < 4.78 is 41.7. The summed E-state index contributed by atoms with van der Waals surface area (Å²) in [6.07, 6.45) is -4.07. The van der Waals surface area contributed by atoms with Gasteiger partial charge in [0.15, 0.2) is 0 Å². The summed E-state index contributed by atoms with van der Waals surface area (Å²) in [6, 6.07) is 4.12. The summed E-state index contributed by atoms with van der Waals surface area (Å²) in [7, 11) is 1.97. The van der Waals surface area contributed by atoms with Crippen LogP contribution < -0.4 is 15.4 Å². The Balaban J connectivity index is 2.14. The van der Waals surface area contributed by atoms with Crippen LogP contribution in [0.1, 0.15) is 54.6 Å². The number of carbonyl (C=O) groups excluding carboxylic acids is 1. The molecule has 2 aromatic rings. The quantitative estimate of drug-likeness (QED) is 0.570. The van der Waals surface area contributed by atoms with Gasteiger partial charge in [0, 0.05) is 42.3 Å². The molecule has 34 heavy (non-hydrogen) atoms. The SMILES string of the molecule is CCN(c1cc(C(F)(F)F)cc(N(C=O)Cc2c(C(C)C)cc(C)[nH]c2=O)c1C)C1CN(C)C1. The zero-order valence-corrected chi connectivity index (χ0v) is 20.6. The van der Waals surface area contributed by atoms with Gasteiger partial charge < -0.3 is 19.7 Å². The van der Waals surface area contributed by atoms with E-state index in [0.717, 1.165) is 24.7 Å². The standard InChI is InChI=1S/C25H33F3N4O2/c1-7-32(19-11-30(6)12-19)23-10-18(25(26,27)28)9-22(17(23)5)31(14-33)13-21-20(15(2)3)8-16(4)29-24(21)34/h8-10,14-15,19H,7,11-13H2,1-6H3,(H,29,34). The lowest BCUT2D eigenvalue weighted by Crippen LogP contribution is -2.58. The van der Waals surface area contributed by atoms with Crippen molar-refractivity contribution >= 4 is 17.8 Å². The Morgan fingerprint density at radius 1 is 1.18 bits per heavy atom. The monoisotopic (exact) mass is 478 g/mol. The van der Waals surface area contributed by atoms with Gasteiger partial charge in [0.2, 0.25) is 6.41 Å². The normalized spacial score (nSPS) is 14.9. The molecule has 1 fully saturated rings. The molecule has 6 nitrogen and oxygen atoms in total. The minimum atomic E-state index is -4.58. The zero-order valence-electron chi connectivity index (χ0n) is 20.6. The van der Waals surface area contributed by atoms with Crippen molar-refractivity contribution < 1.29 is 18.0 Å². The van der Waals surface area contributed by atoms with E-state index in [2.05, 4.69) is 9.88 Å². The number of benzene rings is 1. The Kier molecular flexibility index (Phi) is 7.45. The lowest BCUT2D eigenvalue weighted by molar-refractivity contribution is -0.137. The van der Waals surface area contributed by atoms with Crippen LogP contribution in [0.25, 0.3) is 0 Å². The van der Waals surface area contributed by atoms with E-state index < -0.39 is 11.7 Å². The first kappa shape index (κ1) is 25.8. The van der Waals surface area contributed by atoms with Crippen LogP contribution in [0.15, 0.2) is 23.0 Å². The number of anilines is 2. The fourth-order valence-electron chi connectivity index (χ4n) is 4.70. The Labute approximate surface area is 198 Å². The first-order valence-electron chi connectivity index (χ1n) is 11.5. The van der Waals surface area contributed by atoms with Crippen LogP contribution in [-0.4, -0.2) is 49.0 Å². The molecule has 0 bridgehead atoms. The molecule has 1 saturated heterocycles. The van der Waals surface area contributed by atoms with E-state index in [0.29, 0.717) is 35.5 Å². The molecule has 1 N–H and O–H groups in total. The minimum Gasteiger partial charge on any atom is -0.366 e.